The minimum atomic E-state index is -4.67. The molecule has 0 saturated heterocycles. The molecule has 0 aliphatic carbocycles. The van der Waals surface area contributed by atoms with Crippen LogP contribution in [-0.4, -0.2) is 23.5 Å². The molecule has 5 nitrogen and oxygen atoms in total. The molecule has 0 unspecified atom stereocenters. The predicted octanol–water partition coefficient (Wildman–Crippen LogP) is 3.71. The van der Waals surface area contributed by atoms with E-state index < -0.39 is 35.3 Å². The molecular formula is C19H15F3N2O3S. The number of fused-ring (bicyclic) bond motifs is 1. The van der Waals surface area contributed by atoms with Gasteiger partial charge in [0.1, 0.15) is 0 Å². The Kier molecular flexibility index (Phi) is 5.66. The van der Waals surface area contributed by atoms with Crippen LogP contribution in [-0.2, 0) is 15.8 Å². The Morgan fingerprint density at radius 3 is 2.46 bits per heavy atom. The highest BCUT2D eigenvalue weighted by Crippen LogP contribution is 2.34. The molecular weight excluding hydrogens is 393 g/mol. The number of amides is 2. The third kappa shape index (κ3) is 4.32. The molecule has 0 spiro atoms. The second-order valence-corrected chi connectivity index (χ2v) is 6.82. The predicted molar refractivity (Wildman–Crippen MR) is 99.9 cm³/mol. The van der Waals surface area contributed by atoms with Crippen molar-refractivity contribution in [1.29, 1.82) is 0 Å². The van der Waals surface area contributed by atoms with Crippen LogP contribution in [0, 0.1) is 0 Å². The van der Waals surface area contributed by atoms with Crippen molar-refractivity contribution in [2.45, 2.75) is 12.3 Å². The fourth-order valence-corrected chi connectivity index (χ4v) is 3.66. The summed E-state index contributed by atoms with van der Waals surface area (Å²) in [6.07, 6.45) is -5.73. The zero-order valence-corrected chi connectivity index (χ0v) is 15.1. The van der Waals surface area contributed by atoms with Crippen molar-refractivity contribution < 1.29 is 27.9 Å². The summed E-state index contributed by atoms with van der Waals surface area (Å²) in [4.78, 5) is 23.9. The fourth-order valence-electron chi connectivity index (χ4n) is 2.65. The van der Waals surface area contributed by atoms with Gasteiger partial charge in [0.2, 0.25) is 0 Å². The molecule has 0 radical (unpaired) electrons. The Labute approximate surface area is 161 Å². The van der Waals surface area contributed by atoms with Gasteiger partial charge in [-0.15, -0.1) is 11.3 Å². The zero-order chi connectivity index (χ0) is 20.3. The van der Waals surface area contributed by atoms with Gasteiger partial charge in [0.15, 0.2) is 0 Å². The van der Waals surface area contributed by atoms with Gasteiger partial charge < -0.3 is 15.7 Å². The lowest BCUT2D eigenvalue weighted by atomic mass is 10.1. The van der Waals surface area contributed by atoms with Crippen molar-refractivity contribution >= 4 is 38.9 Å². The monoisotopic (exact) mass is 408 g/mol. The highest BCUT2D eigenvalue weighted by atomic mass is 32.1. The quantitative estimate of drug-likeness (QED) is 0.576. The first kappa shape index (κ1) is 19.8. The number of carbonyl (C=O) groups excluding carboxylic acids is 2. The first-order valence-electron chi connectivity index (χ1n) is 8.17. The number of benzene rings is 2. The van der Waals surface area contributed by atoms with Crippen LogP contribution >= 0.6 is 11.3 Å². The van der Waals surface area contributed by atoms with Crippen molar-refractivity contribution in [3.05, 3.63) is 65.0 Å². The summed E-state index contributed by atoms with van der Waals surface area (Å²) in [5.41, 5.74) is -0.968. The fraction of sp³-hybridized carbons (Fsp3) is 0.158. The molecule has 28 heavy (non-hydrogen) atoms. The van der Waals surface area contributed by atoms with Gasteiger partial charge in [0.25, 0.3) is 0 Å². The standard InChI is InChI=1S/C19H15F3N2O3S/c20-19(21,22)13-6-2-3-7-14(13)24-18(27)17(26)23-9-15(25)12-10-28-16-8-4-1-5-11(12)16/h1-8,10,15,25H,9H2,(H,23,26)(H,24,27)/t15-/m0/s1. The molecule has 0 saturated carbocycles. The summed E-state index contributed by atoms with van der Waals surface area (Å²) in [5, 5.41) is 17.1. The van der Waals surface area contributed by atoms with Gasteiger partial charge in [-0.05, 0) is 29.0 Å². The SMILES string of the molecule is O=C(NC[C@H](O)c1csc2ccccc12)C(=O)Nc1ccccc1C(F)(F)F. The highest BCUT2D eigenvalue weighted by molar-refractivity contribution is 7.17. The average molecular weight is 408 g/mol. The minimum absolute atomic E-state index is 0.256. The van der Waals surface area contributed by atoms with Crippen LogP contribution in [0.25, 0.3) is 10.1 Å². The number of hydrogen-bond acceptors (Lipinski definition) is 4. The van der Waals surface area contributed by atoms with Crippen molar-refractivity contribution in [1.82, 2.24) is 5.32 Å². The molecule has 1 atom stereocenters. The average Bonchev–Trinajstić information content (AvgIpc) is 3.09. The molecule has 3 N–H and O–H groups in total. The molecule has 146 valence electrons. The molecule has 2 amide bonds. The smallest absolute Gasteiger partial charge is 0.387 e. The van der Waals surface area contributed by atoms with Crippen LogP contribution in [0.2, 0.25) is 0 Å². The van der Waals surface area contributed by atoms with Crippen LogP contribution < -0.4 is 10.6 Å². The number of carbonyl (C=O) groups is 2. The number of aliphatic hydroxyl groups is 1. The van der Waals surface area contributed by atoms with Crippen molar-refractivity contribution in [2.75, 3.05) is 11.9 Å². The van der Waals surface area contributed by atoms with Gasteiger partial charge in [-0.1, -0.05) is 30.3 Å². The summed E-state index contributed by atoms with van der Waals surface area (Å²) in [6, 6.07) is 11.7. The Bertz CT molecular complexity index is 1020. The lowest BCUT2D eigenvalue weighted by Gasteiger charge is -2.14. The number of rotatable bonds is 4. The molecule has 0 aliphatic rings. The summed E-state index contributed by atoms with van der Waals surface area (Å²) < 4.78 is 39.8. The first-order valence-corrected chi connectivity index (χ1v) is 9.05. The number of thiophene rings is 1. The second-order valence-electron chi connectivity index (χ2n) is 5.91. The van der Waals surface area contributed by atoms with E-state index in [0.717, 1.165) is 22.2 Å². The van der Waals surface area contributed by atoms with Crippen LogP contribution in [0.1, 0.15) is 17.2 Å². The maximum Gasteiger partial charge on any atom is 0.418 e. The Balaban J connectivity index is 1.63. The van der Waals surface area contributed by atoms with Gasteiger partial charge in [-0.25, -0.2) is 0 Å². The topological polar surface area (TPSA) is 78.4 Å². The maximum atomic E-state index is 13.0. The third-order valence-corrected chi connectivity index (χ3v) is 4.99. The van der Waals surface area contributed by atoms with Gasteiger partial charge >= 0.3 is 18.0 Å². The van der Waals surface area contributed by atoms with E-state index in [-0.39, 0.29) is 6.54 Å². The third-order valence-electron chi connectivity index (χ3n) is 4.01. The van der Waals surface area contributed by atoms with Crippen LogP contribution in [0.5, 0.6) is 0 Å². The van der Waals surface area contributed by atoms with Crippen molar-refractivity contribution in [3.63, 3.8) is 0 Å². The lowest BCUT2D eigenvalue weighted by Crippen LogP contribution is -2.38. The largest absolute Gasteiger partial charge is 0.418 e. The van der Waals surface area contributed by atoms with E-state index in [1.165, 1.54) is 23.5 Å². The number of para-hydroxylation sites is 1. The van der Waals surface area contributed by atoms with E-state index in [2.05, 4.69) is 5.32 Å². The van der Waals surface area contributed by atoms with Gasteiger partial charge in [0, 0.05) is 16.8 Å². The van der Waals surface area contributed by atoms with Crippen LogP contribution in [0.15, 0.2) is 53.9 Å². The van der Waals surface area contributed by atoms with Crippen molar-refractivity contribution in [3.8, 4) is 0 Å². The summed E-state index contributed by atoms with van der Waals surface area (Å²) in [7, 11) is 0. The molecule has 0 bridgehead atoms. The number of aliphatic hydroxyl groups excluding tert-OH is 1. The maximum absolute atomic E-state index is 13.0. The highest BCUT2D eigenvalue weighted by Gasteiger charge is 2.34. The number of halogens is 3. The van der Waals surface area contributed by atoms with Crippen LogP contribution in [0.4, 0.5) is 18.9 Å². The summed E-state index contributed by atoms with van der Waals surface area (Å²) in [6.45, 7) is -0.256. The zero-order valence-electron chi connectivity index (χ0n) is 14.3. The number of anilines is 1. The minimum Gasteiger partial charge on any atom is -0.387 e. The normalized spacial score (nSPS) is 12.6. The van der Waals surface area contributed by atoms with E-state index in [9.17, 15) is 27.9 Å². The molecule has 9 heteroatoms. The Hall–Kier alpha value is -2.91. The molecule has 0 aliphatic heterocycles. The molecule has 3 rings (SSSR count). The molecule has 1 aromatic heterocycles. The second kappa shape index (κ2) is 7.99. The molecule has 2 aromatic carbocycles. The number of alkyl halides is 3. The summed E-state index contributed by atoms with van der Waals surface area (Å²) >= 11 is 1.43. The van der Waals surface area contributed by atoms with E-state index >= 15 is 0 Å². The number of hydrogen-bond donors (Lipinski definition) is 3. The van der Waals surface area contributed by atoms with E-state index in [1.807, 2.05) is 29.6 Å². The van der Waals surface area contributed by atoms with Gasteiger partial charge in [0.05, 0.1) is 17.4 Å². The molecule has 0 fully saturated rings. The van der Waals surface area contributed by atoms with E-state index in [0.29, 0.717) is 5.56 Å². The lowest BCUT2D eigenvalue weighted by molar-refractivity contribution is -0.138. The molecule has 1 heterocycles. The van der Waals surface area contributed by atoms with Gasteiger partial charge in [-0.3, -0.25) is 9.59 Å². The molecule has 3 aromatic rings. The number of nitrogens with one attached hydrogen (secondary N) is 2. The van der Waals surface area contributed by atoms with Crippen molar-refractivity contribution in [2.24, 2.45) is 0 Å². The Morgan fingerprint density at radius 1 is 1.04 bits per heavy atom. The van der Waals surface area contributed by atoms with Gasteiger partial charge in [-0.2, -0.15) is 13.2 Å². The van der Waals surface area contributed by atoms with Crippen LogP contribution in [0.3, 0.4) is 0 Å². The Morgan fingerprint density at radius 2 is 1.71 bits per heavy atom. The van der Waals surface area contributed by atoms with E-state index in [1.54, 1.807) is 5.38 Å². The summed E-state index contributed by atoms with van der Waals surface area (Å²) in [5.74, 6) is -2.39. The first-order chi connectivity index (χ1) is 13.3. The van der Waals surface area contributed by atoms with E-state index in [4.69, 9.17) is 0 Å².